The first-order valence-electron chi connectivity index (χ1n) is 8.91. The summed E-state index contributed by atoms with van der Waals surface area (Å²) < 4.78 is 0.138. The minimum Gasteiger partial charge on any atom is -0.480 e. The average Bonchev–Trinajstić information content (AvgIpc) is 3.00. The summed E-state index contributed by atoms with van der Waals surface area (Å²) in [5.74, 6) is -1.69. The van der Waals surface area contributed by atoms with Crippen LogP contribution in [0, 0.1) is 10.1 Å². The monoisotopic (exact) mass is 474 g/mol. The number of allylic oxidation sites excluding steroid dienone is 2. The van der Waals surface area contributed by atoms with E-state index in [0.717, 1.165) is 22.2 Å². The molecule has 0 bridgehead atoms. The van der Waals surface area contributed by atoms with E-state index in [1.807, 2.05) is 6.07 Å². The molecule has 1 aliphatic rings. The van der Waals surface area contributed by atoms with E-state index >= 15 is 0 Å². The van der Waals surface area contributed by atoms with Gasteiger partial charge in [-0.15, -0.1) is 0 Å². The number of halogens is 1. The van der Waals surface area contributed by atoms with Crippen LogP contribution in [0.4, 0.5) is 5.69 Å². The fourth-order valence-corrected chi connectivity index (χ4v) is 4.54. The molecule has 3 rings (SSSR count). The standard InChI is InChI=1S/C21H15ClN2O5S2/c22-15(10-14-6-8-16(9-7-14)24(28)29)12-18-19(25)23(21(30)31-18)17(20(26)27)11-13-4-2-1-3-5-13/h1-10,12,17H,11H2,(H,26,27)/b15-10-,18-12-/t17-/m0/s1. The van der Waals surface area contributed by atoms with E-state index in [-0.39, 0.29) is 26.4 Å². The zero-order valence-corrected chi connectivity index (χ0v) is 18.2. The molecule has 0 aromatic heterocycles. The first kappa shape index (κ1) is 22.7. The van der Waals surface area contributed by atoms with Gasteiger partial charge in [0.2, 0.25) is 0 Å². The molecule has 2 aromatic carbocycles. The Bertz CT molecular complexity index is 1100. The number of carboxylic acid groups (broad SMARTS) is 1. The van der Waals surface area contributed by atoms with Crippen LogP contribution in [0.1, 0.15) is 11.1 Å². The Morgan fingerprint density at radius 1 is 1.23 bits per heavy atom. The van der Waals surface area contributed by atoms with Crippen LogP contribution in [0.2, 0.25) is 0 Å². The number of non-ortho nitro benzene ring substituents is 1. The second kappa shape index (κ2) is 9.86. The zero-order chi connectivity index (χ0) is 22.5. The van der Waals surface area contributed by atoms with Crippen LogP contribution < -0.4 is 0 Å². The third kappa shape index (κ3) is 5.57. The van der Waals surface area contributed by atoms with Crippen LogP contribution in [-0.4, -0.2) is 37.2 Å². The maximum atomic E-state index is 12.9. The number of carbonyl (C=O) groups excluding carboxylic acids is 1. The van der Waals surface area contributed by atoms with Gasteiger partial charge in [-0.25, -0.2) is 4.79 Å². The highest BCUT2D eigenvalue weighted by Crippen LogP contribution is 2.35. The van der Waals surface area contributed by atoms with Crippen molar-refractivity contribution in [2.75, 3.05) is 0 Å². The fraction of sp³-hybridized carbons (Fsp3) is 0.0952. The lowest BCUT2D eigenvalue weighted by Gasteiger charge is -2.23. The van der Waals surface area contributed by atoms with Gasteiger partial charge in [0.05, 0.1) is 9.83 Å². The molecule has 1 atom stereocenters. The van der Waals surface area contributed by atoms with Crippen molar-refractivity contribution in [3.05, 3.63) is 91.9 Å². The van der Waals surface area contributed by atoms with E-state index in [1.54, 1.807) is 24.3 Å². The second-order valence-corrected chi connectivity index (χ2v) is 8.59. The van der Waals surface area contributed by atoms with Crippen molar-refractivity contribution >= 4 is 63.5 Å². The molecule has 0 unspecified atom stereocenters. The number of nitrogens with zero attached hydrogens (tertiary/aromatic N) is 2. The number of nitro benzene ring substituents is 1. The molecule has 1 amide bonds. The summed E-state index contributed by atoms with van der Waals surface area (Å²) in [6.07, 6.45) is 3.06. The van der Waals surface area contributed by atoms with Crippen molar-refractivity contribution in [1.29, 1.82) is 0 Å². The van der Waals surface area contributed by atoms with Gasteiger partial charge in [-0.05, 0) is 35.4 Å². The quantitative estimate of drug-likeness (QED) is 0.270. The number of rotatable bonds is 7. The van der Waals surface area contributed by atoms with Crippen molar-refractivity contribution in [2.45, 2.75) is 12.5 Å². The lowest BCUT2D eigenvalue weighted by molar-refractivity contribution is -0.384. The SMILES string of the molecule is O=C(O)[C@H](Cc1ccccc1)N1C(=O)/C(=C/C(Cl)=C/c2ccc([N+](=O)[O-])cc2)SC1=S. The number of hydrogen-bond donors (Lipinski definition) is 1. The molecule has 0 aliphatic carbocycles. The molecule has 7 nitrogen and oxygen atoms in total. The predicted molar refractivity (Wildman–Crippen MR) is 124 cm³/mol. The predicted octanol–water partition coefficient (Wildman–Crippen LogP) is 4.61. The third-order valence-electron chi connectivity index (χ3n) is 4.37. The van der Waals surface area contributed by atoms with Gasteiger partial charge in [-0.1, -0.05) is 65.9 Å². The summed E-state index contributed by atoms with van der Waals surface area (Å²) >= 11 is 12.5. The largest absolute Gasteiger partial charge is 0.480 e. The third-order valence-corrected chi connectivity index (χ3v) is 5.92. The molecular formula is C21H15ClN2O5S2. The Morgan fingerprint density at radius 2 is 1.87 bits per heavy atom. The van der Waals surface area contributed by atoms with Crippen LogP contribution in [-0.2, 0) is 16.0 Å². The minimum atomic E-state index is -1.16. The number of carbonyl (C=O) groups is 2. The van der Waals surface area contributed by atoms with Crippen molar-refractivity contribution in [1.82, 2.24) is 4.90 Å². The zero-order valence-electron chi connectivity index (χ0n) is 15.8. The van der Waals surface area contributed by atoms with E-state index in [1.165, 1.54) is 36.4 Å². The Hall–Kier alpha value is -3.01. The van der Waals surface area contributed by atoms with Crippen LogP contribution in [0.5, 0.6) is 0 Å². The molecule has 0 spiro atoms. The van der Waals surface area contributed by atoms with Crippen LogP contribution in [0.3, 0.4) is 0 Å². The lowest BCUT2D eigenvalue weighted by atomic mass is 10.0. The van der Waals surface area contributed by atoms with E-state index in [2.05, 4.69) is 0 Å². The number of hydrogen-bond acceptors (Lipinski definition) is 6. The molecule has 10 heteroatoms. The molecule has 1 saturated heterocycles. The van der Waals surface area contributed by atoms with Gasteiger partial charge < -0.3 is 5.11 Å². The van der Waals surface area contributed by atoms with Gasteiger partial charge in [-0.3, -0.25) is 19.8 Å². The smallest absolute Gasteiger partial charge is 0.327 e. The Labute approximate surface area is 192 Å². The second-order valence-electron chi connectivity index (χ2n) is 6.47. The molecule has 1 aliphatic heterocycles. The number of thiocarbonyl (C=S) groups is 1. The van der Waals surface area contributed by atoms with Crippen LogP contribution in [0.15, 0.2) is 70.6 Å². The highest BCUT2D eigenvalue weighted by atomic mass is 35.5. The topological polar surface area (TPSA) is 101 Å². The summed E-state index contributed by atoms with van der Waals surface area (Å²) in [4.78, 5) is 36.3. The van der Waals surface area contributed by atoms with Gasteiger partial charge in [-0.2, -0.15) is 0 Å². The molecule has 31 heavy (non-hydrogen) atoms. The normalized spacial score (nSPS) is 16.6. The number of aliphatic carboxylic acids is 1. The van der Waals surface area contributed by atoms with Crippen LogP contribution >= 0.6 is 35.6 Å². The van der Waals surface area contributed by atoms with Gasteiger partial charge in [0.15, 0.2) is 0 Å². The number of carboxylic acids is 1. The molecule has 158 valence electrons. The first-order valence-corrected chi connectivity index (χ1v) is 10.5. The van der Waals surface area contributed by atoms with Gasteiger partial charge >= 0.3 is 5.97 Å². The average molecular weight is 475 g/mol. The van der Waals surface area contributed by atoms with Crippen molar-refractivity contribution in [2.24, 2.45) is 0 Å². The van der Waals surface area contributed by atoms with E-state index in [0.29, 0.717) is 5.56 Å². The van der Waals surface area contributed by atoms with Crippen molar-refractivity contribution in [3.63, 3.8) is 0 Å². The Morgan fingerprint density at radius 3 is 2.45 bits per heavy atom. The summed E-state index contributed by atoms with van der Waals surface area (Å²) in [7, 11) is 0. The summed E-state index contributed by atoms with van der Waals surface area (Å²) in [5, 5.41) is 20.6. The number of thioether (sulfide) groups is 1. The van der Waals surface area contributed by atoms with Gasteiger partial charge in [0.25, 0.3) is 11.6 Å². The molecule has 0 radical (unpaired) electrons. The van der Waals surface area contributed by atoms with Gasteiger partial charge in [0.1, 0.15) is 10.4 Å². The van der Waals surface area contributed by atoms with Crippen molar-refractivity contribution < 1.29 is 19.6 Å². The van der Waals surface area contributed by atoms with E-state index in [9.17, 15) is 24.8 Å². The molecular weight excluding hydrogens is 460 g/mol. The van der Waals surface area contributed by atoms with Gasteiger partial charge in [0, 0.05) is 23.6 Å². The highest BCUT2D eigenvalue weighted by Gasteiger charge is 2.40. The molecule has 0 saturated carbocycles. The number of amides is 1. The Kier molecular flexibility index (Phi) is 7.21. The summed E-state index contributed by atoms with van der Waals surface area (Å²) in [6, 6.07) is 13.6. The van der Waals surface area contributed by atoms with Crippen LogP contribution in [0.25, 0.3) is 6.08 Å². The number of benzene rings is 2. The van der Waals surface area contributed by atoms with Crippen molar-refractivity contribution in [3.8, 4) is 0 Å². The lowest BCUT2D eigenvalue weighted by Crippen LogP contribution is -2.45. The first-order chi connectivity index (χ1) is 14.8. The Balaban J connectivity index is 1.81. The molecule has 1 heterocycles. The summed E-state index contributed by atoms with van der Waals surface area (Å²) in [6.45, 7) is 0. The highest BCUT2D eigenvalue weighted by molar-refractivity contribution is 8.26. The molecule has 1 N–H and O–H groups in total. The maximum Gasteiger partial charge on any atom is 0.327 e. The molecule has 2 aromatic rings. The number of nitro groups is 1. The summed E-state index contributed by atoms with van der Waals surface area (Å²) in [5.41, 5.74) is 1.33. The van der Waals surface area contributed by atoms with E-state index < -0.39 is 22.8 Å². The fourth-order valence-electron chi connectivity index (χ4n) is 2.89. The van der Waals surface area contributed by atoms with E-state index in [4.69, 9.17) is 23.8 Å². The molecule has 1 fully saturated rings. The minimum absolute atomic E-state index is 0.0488. The maximum absolute atomic E-state index is 12.9.